The van der Waals surface area contributed by atoms with E-state index in [-0.39, 0.29) is 29.7 Å². The molecule has 3 aromatic rings. The fourth-order valence-electron chi connectivity index (χ4n) is 3.77. The molecule has 9 nitrogen and oxygen atoms in total. The zero-order valence-electron chi connectivity index (χ0n) is 17.8. The van der Waals surface area contributed by atoms with Crippen LogP contribution in [0.4, 0.5) is 10.1 Å². The van der Waals surface area contributed by atoms with Crippen molar-refractivity contribution < 1.29 is 14.0 Å². The number of carbonyl (C=O) groups excluding carboxylic acids is 2. The van der Waals surface area contributed by atoms with Crippen LogP contribution in [0.15, 0.2) is 47.7 Å². The van der Waals surface area contributed by atoms with E-state index in [1.54, 1.807) is 36.0 Å². The number of anilines is 1. The molecule has 3 heterocycles. The highest BCUT2D eigenvalue weighted by Crippen LogP contribution is 2.24. The Morgan fingerprint density at radius 1 is 1.28 bits per heavy atom. The van der Waals surface area contributed by atoms with Crippen molar-refractivity contribution in [2.24, 2.45) is 0 Å². The third-order valence-electron chi connectivity index (χ3n) is 5.55. The Bertz CT molecular complexity index is 1230. The van der Waals surface area contributed by atoms with Crippen LogP contribution in [-0.2, 0) is 24.3 Å². The quantitative estimate of drug-likeness (QED) is 0.648. The lowest BCUT2D eigenvalue weighted by atomic mass is 10.1. The van der Waals surface area contributed by atoms with Gasteiger partial charge in [-0.05, 0) is 31.4 Å². The number of hydrogen-bond acceptors (Lipinski definition) is 5. The van der Waals surface area contributed by atoms with Gasteiger partial charge in [0.15, 0.2) is 0 Å². The fourth-order valence-corrected chi connectivity index (χ4v) is 3.77. The summed E-state index contributed by atoms with van der Waals surface area (Å²) in [6, 6.07) is 6.95. The van der Waals surface area contributed by atoms with Crippen molar-refractivity contribution in [1.29, 1.82) is 0 Å². The molecule has 1 aliphatic heterocycles. The maximum Gasteiger partial charge on any atom is 0.291 e. The first-order valence-corrected chi connectivity index (χ1v) is 10.3. The molecule has 1 aliphatic rings. The second-order valence-electron chi connectivity index (χ2n) is 7.63. The molecule has 0 aliphatic carbocycles. The van der Waals surface area contributed by atoms with Crippen molar-refractivity contribution >= 4 is 17.5 Å². The Kier molecular flexibility index (Phi) is 5.85. The van der Waals surface area contributed by atoms with Crippen LogP contribution in [0.5, 0.6) is 0 Å². The molecule has 0 spiro atoms. The van der Waals surface area contributed by atoms with Gasteiger partial charge in [-0.3, -0.25) is 14.4 Å². The van der Waals surface area contributed by atoms with E-state index in [9.17, 15) is 18.8 Å². The van der Waals surface area contributed by atoms with Crippen molar-refractivity contribution in [2.75, 3.05) is 11.9 Å². The molecule has 0 radical (unpaired) electrons. The number of pyridine rings is 1. The van der Waals surface area contributed by atoms with Crippen molar-refractivity contribution in [2.45, 2.75) is 38.9 Å². The number of likely N-dealkylation sites (N-methyl/N-ethyl adjacent to an activating group) is 1. The smallest absolute Gasteiger partial charge is 0.291 e. The molecule has 10 heteroatoms. The maximum atomic E-state index is 13.8. The van der Waals surface area contributed by atoms with Gasteiger partial charge in [0.2, 0.25) is 11.7 Å². The number of rotatable bonds is 5. The highest BCUT2D eigenvalue weighted by molar-refractivity contribution is 6.01. The summed E-state index contributed by atoms with van der Waals surface area (Å²) in [5, 5.41) is 6.81. The number of aromatic nitrogens is 4. The second kappa shape index (κ2) is 8.74. The van der Waals surface area contributed by atoms with Gasteiger partial charge >= 0.3 is 0 Å². The van der Waals surface area contributed by atoms with E-state index >= 15 is 0 Å². The number of nitrogens with one attached hydrogen (secondary N) is 1. The summed E-state index contributed by atoms with van der Waals surface area (Å²) in [7, 11) is 1.59. The predicted molar refractivity (Wildman–Crippen MR) is 115 cm³/mol. The summed E-state index contributed by atoms with van der Waals surface area (Å²) in [5.41, 5.74) is 1.66. The van der Waals surface area contributed by atoms with Gasteiger partial charge in [0.1, 0.15) is 18.2 Å². The number of benzene rings is 1. The third kappa shape index (κ3) is 4.16. The van der Waals surface area contributed by atoms with Gasteiger partial charge in [0.05, 0.1) is 12.2 Å². The lowest BCUT2D eigenvalue weighted by Gasteiger charge is -2.21. The summed E-state index contributed by atoms with van der Waals surface area (Å²) < 4.78 is 16.8. The zero-order chi connectivity index (χ0) is 22.8. The van der Waals surface area contributed by atoms with E-state index in [0.717, 1.165) is 5.56 Å². The fraction of sp³-hybridized carbons (Fsp3) is 0.318. The zero-order valence-corrected chi connectivity index (χ0v) is 17.8. The van der Waals surface area contributed by atoms with Gasteiger partial charge in [0, 0.05) is 31.4 Å². The summed E-state index contributed by atoms with van der Waals surface area (Å²) in [6.45, 7) is 2.54. The summed E-state index contributed by atoms with van der Waals surface area (Å²) in [4.78, 5) is 43.2. The Morgan fingerprint density at radius 3 is 2.81 bits per heavy atom. The minimum absolute atomic E-state index is 0.107. The molecule has 166 valence electrons. The topological polar surface area (TPSA) is 102 Å². The van der Waals surface area contributed by atoms with Crippen LogP contribution >= 0.6 is 0 Å². The Morgan fingerprint density at radius 2 is 2.06 bits per heavy atom. The first-order chi connectivity index (χ1) is 15.4. The summed E-state index contributed by atoms with van der Waals surface area (Å²) in [5.74, 6) is -1.39. The van der Waals surface area contributed by atoms with Crippen molar-refractivity contribution in [3.05, 3.63) is 76.0 Å². The number of halogens is 1. The molecule has 0 saturated heterocycles. The molecule has 0 fully saturated rings. The number of nitrogens with zero attached hydrogens (tertiary/aromatic N) is 5. The van der Waals surface area contributed by atoms with Crippen molar-refractivity contribution in [3.8, 4) is 0 Å². The minimum Gasteiger partial charge on any atom is -0.337 e. The van der Waals surface area contributed by atoms with Gasteiger partial charge in [-0.1, -0.05) is 18.2 Å². The van der Waals surface area contributed by atoms with Crippen LogP contribution < -0.4 is 15.8 Å². The van der Waals surface area contributed by atoms with E-state index in [0.29, 0.717) is 30.6 Å². The molecular formula is C22H23FN6O3. The van der Waals surface area contributed by atoms with Gasteiger partial charge in [0.25, 0.3) is 11.5 Å². The molecule has 0 unspecified atom stereocenters. The Labute approximate surface area is 183 Å². The lowest BCUT2D eigenvalue weighted by Crippen LogP contribution is -2.47. The Balaban J connectivity index is 1.48. The van der Waals surface area contributed by atoms with E-state index in [2.05, 4.69) is 15.4 Å². The van der Waals surface area contributed by atoms with Crippen molar-refractivity contribution in [1.82, 2.24) is 24.6 Å². The highest BCUT2D eigenvalue weighted by atomic mass is 19.1. The second-order valence-corrected chi connectivity index (χ2v) is 7.63. The average molecular weight is 438 g/mol. The van der Waals surface area contributed by atoms with E-state index in [1.165, 1.54) is 28.0 Å². The van der Waals surface area contributed by atoms with Crippen LogP contribution in [0.3, 0.4) is 0 Å². The van der Waals surface area contributed by atoms with Gasteiger partial charge < -0.3 is 14.8 Å². The van der Waals surface area contributed by atoms with Crippen LogP contribution in [0.1, 0.15) is 35.1 Å². The monoisotopic (exact) mass is 438 g/mol. The standard InChI is InChI=1S/C22H23FN6O3/c1-3-28-11-15-8-9-17(22(32)27(2)18(15)10-19(28)30)25-21(31)20-24-13-29(26-20)12-14-6-4-5-7-16(14)23/h4-7,10-11,13,17H,3,8-9,12H2,1-2H3,(H,25,31)/t17-/m0/s1. The van der Waals surface area contributed by atoms with Crippen LogP contribution in [0.25, 0.3) is 0 Å². The number of fused-ring (bicyclic) bond motifs is 1. The molecule has 1 atom stereocenters. The van der Waals surface area contributed by atoms with Gasteiger partial charge in [-0.25, -0.2) is 14.1 Å². The molecule has 0 bridgehead atoms. The van der Waals surface area contributed by atoms with Crippen LogP contribution in [-0.4, -0.2) is 44.2 Å². The van der Waals surface area contributed by atoms with E-state index in [1.807, 2.05) is 6.92 Å². The predicted octanol–water partition coefficient (Wildman–Crippen LogP) is 1.35. The lowest BCUT2D eigenvalue weighted by molar-refractivity contribution is -0.120. The minimum atomic E-state index is -0.788. The van der Waals surface area contributed by atoms with E-state index in [4.69, 9.17) is 0 Å². The number of aryl methyl sites for hydroxylation is 2. The van der Waals surface area contributed by atoms with Gasteiger partial charge in [-0.2, -0.15) is 0 Å². The number of hydrogen-bond donors (Lipinski definition) is 1. The molecule has 2 amide bonds. The Hall–Kier alpha value is -3.82. The molecular weight excluding hydrogens is 415 g/mol. The summed E-state index contributed by atoms with van der Waals surface area (Å²) in [6.07, 6.45) is 4.00. The number of amides is 2. The normalized spacial score (nSPS) is 15.9. The number of carbonyl (C=O) groups is 2. The molecule has 1 aromatic carbocycles. The van der Waals surface area contributed by atoms with Crippen LogP contribution in [0.2, 0.25) is 0 Å². The first-order valence-electron chi connectivity index (χ1n) is 10.3. The summed E-state index contributed by atoms with van der Waals surface area (Å²) >= 11 is 0. The maximum absolute atomic E-state index is 13.8. The molecule has 1 N–H and O–H groups in total. The van der Waals surface area contributed by atoms with Crippen molar-refractivity contribution in [3.63, 3.8) is 0 Å². The van der Waals surface area contributed by atoms with Gasteiger partial charge in [-0.15, -0.1) is 5.10 Å². The largest absolute Gasteiger partial charge is 0.337 e. The van der Waals surface area contributed by atoms with E-state index < -0.39 is 11.9 Å². The SMILES string of the molecule is CCn1cc2c(cc1=O)N(C)C(=O)[C@@H](NC(=O)c1ncn(Cc3ccccc3F)n1)CC2. The molecule has 32 heavy (non-hydrogen) atoms. The van der Waals surface area contributed by atoms with Crippen LogP contribution in [0, 0.1) is 5.82 Å². The molecule has 4 rings (SSSR count). The highest BCUT2D eigenvalue weighted by Gasteiger charge is 2.31. The third-order valence-corrected chi connectivity index (χ3v) is 5.55. The first kappa shape index (κ1) is 21.4. The molecule has 0 saturated carbocycles. The molecule has 2 aromatic heterocycles. The average Bonchev–Trinajstić information content (AvgIpc) is 3.22.